The number of benzene rings is 4. The van der Waals surface area contributed by atoms with Crippen LogP contribution in [0.5, 0.6) is 0 Å². The van der Waals surface area contributed by atoms with Crippen LogP contribution in [0.25, 0.3) is 34.4 Å². The number of fused-ring (bicyclic) bond motifs is 2. The Kier molecular flexibility index (Phi) is 14.4. The van der Waals surface area contributed by atoms with Crippen molar-refractivity contribution < 1.29 is 51.0 Å². The van der Waals surface area contributed by atoms with Gasteiger partial charge in [-0.1, -0.05) is 158 Å². The third-order valence-corrected chi connectivity index (χ3v) is 16.2. The molecule has 0 amide bonds. The molecule has 8 rings (SSSR count). The van der Waals surface area contributed by atoms with Crippen molar-refractivity contribution in [2.75, 3.05) is 0 Å². The Balaban J connectivity index is 0.000000224. The predicted molar refractivity (Wildman–Crippen MR) is 227 cm³/mol. The van der Waals surface area contributed by atoms with Gasteiger partial charge in [-0.3, -0.25) is 12.2 Å². The molecule has 2 unspecified atom stereocenters. The number of thiophene rings is 2. The quantitative estimate of drug-likeness (QED) is 0.133. The first-order valence-electron chi connectivity index (χ1n) is 17.7. The Labute approximate surface area is 359 Å². The maximum Gasteiger partial charge on any atom is 4.00 e. The molecule has 53 heavy (non-hydrogen) atoms. The van der Waals surface area contributed by atoms with E-state index in [9.17, 15) is 0 Å². The van der Waals surface area contributed by atoms with Crippen molar-refractivity contribution in [2.45, 2.75) is 65.0 Å². The molecular weight excluding hydrogens is 835 g/mol. The van der Waals surface area contributed by atoms with E-state index < -0.39 is 16.1 Å². The molecule has 2 atom stereocenters. The molecule has 0 saturated carbocycles. The fourth-order valence-corrected chi connectivity index (χ4v) is 11.2. The van der Waals surface area contributed by atoms with Gasteiger partial charge >= 0.3 is 26.2 Å². The third-order valence-electron chi connectivity index (χ3n) is 9.91. The van der Waals surface area contributed by atoms with Crippen LogP contribution in [0, 0.1) is 26.0 Å². The number of aryl methyl sites for hydroxylation is 2. The second kappa shape index (κ2) is 17.6. The molecule has 2 aliphatic carbocycles. The summed E-state index contributed by atoms with van der Waals surface area (Å²) in [6.07, 6.45) is 11.6. The van der Waals surface area contributed by atoms with E-state index in [0.29, 0.717) is 0 Å². The Morgan fingerprint density at radius 3 is 1.13 bits per heavy atom. The molecule has 0 spiro atoms. The molecule has 0 fully saturated rings. The molecule has 0 aliphatic heterocycles. The standard InChI is InChI=1S/2C23H23SSi.2ClH.Zr/c2*1-16-8-15-23(24-16)22-14-13-21-19(6-5-7-20(21)22)17-9-11-18(12-10-17)25(2,3)4;;;/h2*5-13,15,22H,1-4H3;2*1H;/q2*-1;;;+4/p-2. The summed E-state index contributed by atoms with van der Waals surface area (Å²) >= 11 is 3.75. The molecule has 4 aromatic carbocycles. The zero-order valence-electron chi connectivity index (χ0n) is 31.8. The smallest absolute Gasteiger partial charge is 1.00 e. The Hall–Kier alpha value is -2.34. The molecule has 0 saturated heterocycles. The maximum atomic E-state index is 3.59. The minimum absolute atomic E-state index is 0. The van der Waals surface area contributed by atoms with Gasteiger partial charge in [0.15, 0.2) is 0 Å². The van der Waals surface area contributed by atoms with Crippen LogP contribution in [-0.4, -0.2) is 16.1 Å². The van der Waals surface area contributed by atoms with Crippen LogP contribution in [0.3, 0.4) is 0 Å². The van der Waals surface area contributed by atoms with Crippen LogP contribution in [-0.2, 0) is 26.2 Å². The first-order valence-corrected chi connectivity index (χ1v) is 26.3. The van der Waals surface area contributed by atoms with E-state index in [2.05, 4.69) is 187 Å². The van der Waals surface area contributed by atoms with Crippen molar-refractivity contribution >= 4 is 61.3 Å². The summed E-state index contributed by atoms with van der Waals surface area (Å²) in [5, 5.41) is 3.02. The van der Waals surface area contributed by atoms with Gasteiger partial charge in [0.05, 0.1) is 16.1 Å². The van der Waals surface area contributed by atoms with Crippen molar-refractivity contribution in [3.8, 4) is 22.3 Å². The summed E-state index contributed by atoms with van der Waals surface area (Å²) in [6.45, 7) is 18.7. The van der Waals surface area contributed by atoms with Crippen molar-refractivity contribution in [1.82, 2.24) is 0 Å². The first-order chi connectivity index (χ1) is 23.9. The van der Waals surface area contributed by atoms with E-state index >= 15 is 0 Å². The van der Waals surface area contributed by atoms with E-state index in [0.717, 1.165) is 0 Å². The summed E-state index contributed by atoms with van der Waals surface area (Å²) in [4.78, 5) is 5.50. The summed E-state index contributed by atoms with van der Waals surface area (Å²) in [5.74, 6) is 0.574. The monoisotopic (exact) mass is 878 g/mol. The number of rotatable bonds is 6. The third kappa shape index (κ3) is 9.38. The van der Waals surface area contributed by atoms with Gasteiger partial charge in [0.25, 0.3) is 0 Å². The topological polar surface area (TPSA) is 0 Å². The van der Waals surface area contributed by atoms with E-state index in [1.807, 2.05) is 22.7 Å². The molecular formula is C46H46Cl2S2Si2Zr. The van der Waals surface area contributed by atoms with Crippen LogP contribution >= 0.6 is 22.7 Å². The normalized spacial score (nSPS) is 15.3. The number of hydrogen-bond donors (Lipinski definition) is 0. The minimum Gasteiger partial charge on any atom is -1.00 e. The Morgan fingerprint density at radius 1 is 0.472 bits per heavy atom. The molecule has 0 N–H and O–H groups in total. The van der Waals surface area contributed by atoms with Crippen LogP contribution < -0.4 is 35.2 Å². The van der Waals surface area contributed by atoms with Gasteiger partial charge in [-0.05, 0) is 59.0 Å². The molecule has 2 aromatic heterocycles. The minimum atomic E-state index is -1.25. The Morgan fingerprint density at radius 2 is 0.830 bits per heavy atom. The van der Waals surface area contributed by atoms with E-state index in [1.54, 1.807) is 0 Å². The molecule has 0 bridgehead atoms. The molecule has 6 aromatic rings. The van der Waals surface area contributed by atoms with Gasteiger partial charge in [0.1, 0.15) is 0 Å². The number of halogens is 2. The van der Waals surface area contributed by atoms with Gasteiger partial charge in [-0.25, -0.2) is 12.2 Å². The van der Waals surface area contributed by atoms with E-state index in [-0.39, 0.29) is 62.9 Å². The van der Waals surface area contributed by atoms with Gasteiger partial charge in [0, 0.05) is 9.75 Å². The average molecular weight is 881 g/mol. The fourth-order valence-electron chi connectivity index (χ4n) is 7.00. The van der Waals surface area contributed by atoms with Crippen molar-refractivity contribution in [2.24, 2.45) is 0 Å². The predicted octanol–water partition coefficient (Wildman–Crippen LogP) is 6.47. The zero-order chi connectivity index (χ0) is 35.2. The van der Waals surface area contributed by atoms with Crippen LogP contribution in [0.15, 0.2) is 109 Å². The molecule has 2 heterocycles. The van der Waals surface area contributed by atoms with Gasteiger partial charge in [-0.2, -0.15) is 11.1 Å². The maximum absolute atomic E-state index is 3.59. The second-order valence-electron chi connectivity index (χ2n) is 15.7. The van der Waals surface area contributed by atoms with Crippen molar-refractivity contribution in [3.63, 3.8) is 0 Å². The summed E-state index contributed by atoms with van der Waals surface area (Å²) in [7, 11) is -2.50. The zero-order valence-corrected chi connectivity index (χ0v) is 39.4. The van der Waals surface area contributed by atoms with Gasteiger partial charge < -0.3 is 24.8 Å². The largest absolute Gasteiger partial charge is 4.00 e. The first kappa shape index (κ1) is 43.4. The van der Waals surface area contributed by atoms with Crippen LogP contribution in [0.1, 0.15) is 53.6 Å². The summed E-state index contributed by atoms with van der Waals surface area (Å²) in [5.41, 5.74) is 10.7. The van der Waals surface area contributed by atoms with Gasteiger partial charge in [0.2, 0.25) is 0 Å². The number of allylic oxidation sites excluding steroid dienone is 2. The Bertz CT molecular complexity index is 2060. The van der Waals surface area contributed by atoms with E-state index in [1.165, 1.54) is 74.4 Å². The summed E-state index contributed by atoms with van der Waals surface area (Å²) in [6, 6.07) is 40.7. The average Bonchev–Trinajstić information content (AvgIpc) is 3.90. The molecule has 2 aliphatic rings. The van der Waals surface area contributed by atoms with Crippen molar-refractivity contribution in [1.29, 1.82) is 0 Å². The van der Waals surface area contributed by atoms with Gasteiger partial charge in [-0.15, -0.1) is 33.8 Å². The van der Waals surface area contributed by atoms with Crippen molar-refractivity contribution in [3.05, 3.63) is 163 Å². The molecule has 0 nitrogen and oxygen atoms in total. The van der Waals surface area contributed by atoms with E-state index in [4.69, 9.17) is 0 Å². The second-order valence-corrected chi connectivity index (χ2v) is 28.5. The number of hydrogen-bond acceptors (Lipinski definition) is 2. The molecule has 7 heteroatoms. The molecule has 0 radical (unpaired) electrons. The SMILES string of the molecule is Cc1ccc(C2[C-]=Cc3c(-c4ccc([Si](C)(C)C)cc4)cccc32)s1.Cc1ccc(C2[C-]=Cc3c(-c4ccc([Si](C)(C)C)cc4)cccc32)s1.[Cl-].[Cl-].[Zr+4]. The molecule has 268 valence electrons. The summed E-state index contributed by atoms with van der Waals surface area (Å²) < 4.78 is 0. The fraction of sp³-hybridized carbons (Fsp3) is 0.217. The van der Waals surface area contributed by atoms with Crippen LogP contribution in [0.4, 0.5) is 0 Å². The van der Waals surface area contributed by atoms with Crippen LogP contribution in [0.2, 0.25) is 39.3 Å².